The molecule has 0 radical (unpaired) electrons. The molecule has 3 aromatic rings. The third-order valence-electron chi connectivity index (χ3n) is 2.93. The van der Waals surface area contributed by atoms with Gasteiger partial charge in [-0.05, 0) is 43.2 Å². The Morgan fingerprint density at radius 1 is 1.26 bits per heavy atom. The number of nitrogens with one attached hydrogen (secondary N) is 2. The van der Waals surface area contributed by atoms with Gasteiger partial charge in [-0.25, -0.2) is 4.98 Å². The SMILES string of the molecule is Cc1cc(C)c(Nc2nc3ncccc3[nH]2)c(Cl)c1. The molecule has 4 nitrogen and oxygen atoms in total. The minimum atomic E-state index is 0.641. The van der Waals surface area contributed by atoms with Gasteiger partial charge in [0.25, 0.3) is 0 Å². The lowest BCUT2D eigenvalue weighted by molar-refractivity contribution is 1.27. The van der Waals surface area contributed by atoms with Crippen LogP contribution >= 0.6 is 11.6 Å². The number of H-pyrrole nitrogens is 1. The first-order valence-corrected chi connectivity index (χ1v) is 6.36. The van der Waals surface area contributed by atoms with Crippen molar-refractivity contribution in [2.45, 2.75) is 13.8 Å². The van der Waals surface area contributed by atoms with Gasteiger partial charge in [0.15, 0.2) is 5.65 Å². The molecule has 19 heavy (non-hydrogen) atoms. The van der Waals surface area contributed by atoms with E-state index in [9.17, 15) is 0 Å². The number of aromatic nitrogens is 3. The molecule has 0 unspecified atom stereocenters. The van der Waals surface area contributed by atoms with E-state index in [4.69, 9.17) is 11.6 Å². The zero-order valence-corrected chi connectivity index (χ0v) is 11.4. The summed E-state index contributed by atoms with van der Waals surface area (Å²) >= 11 is 6.26. The highest BCUT2D eigenvalue weighted by Gasteiger charge is 2.08. The van der Waals surface area contributed by atoms with Crippen molar-refractivity contribution < 1.29 is 0 Å². The molecule has 3 rings (SSSR count). The van der Waals surface area contributed by atoms with Crippen LogP contribution in [0.1, 0.15) is 11.1 Å². The molecular weight excluding hydrogens is 260 g/mol. The lowest BCUT2D eigenvalue weighted by Gasteiger charge is -2.10. The highest BCUT2D eigenvalue weighted by molar-refractivity contribution is 6.33. The topological polar surface area (TPSA) is 53.6 Å². The van der Waals surface area contributed by atoms with Gasteiger partial charge in [0, 0.05) is 6.20 Å². The van der Waals surface area contributed by atoms with Crippen LogP contribution in [-0.4, -0.2) is 15.0 Å². The van der Waals surface area contributed by atoms with Crippen molar-refractivity contribution >= 4 is 34.4 Å². The van der Waals surface area contributed by atoms with Crippen molar-refractivity contribution in [1.29, 1.82) is 0 Å². The van der Waals surface area contributed by atoms with Crippen molar-refractivity contribution in [2.75, 3.05) is 5.32 Å². The molecule has 0 aliphatic rings. The molecule has 0 saturated heterocycles. The fraction of sp³-hybridized carbons (Fsp3) is 0.143. The number of hydrogen-bond acceptors (Lipinski definition) is 3. The maximum absolute atomic E-state index is 6.26. The molecule has 2 heterocycles. The Balaban J connectivity index is 2.01. The van der Waals surface area contributed by atoms with Crippen LogP contribution in [-0.2, 0) is 0 Å². The van der Waals surface area contributed by atoms with E-state index in [0.717, 1.165) is 22.3 Å². The zero-order valence-electron chi connectivity index (χ0n) is 10.7. The molecule has 0 aliphatic heterocycles. The lowest BCUT2D eigenvalue weighted by atomic mass is 10.1. The second-order valence-corrected chi connectivity index (χ2v) is 4.93. The van der Waals surface area contributed by atoms with Crippen LogP contribution in [0.5, 0.6) is 0 Å². The number of benzene rings is 1. The molecule has 5 heteroatoms. The number of halogens is 1. The molecule has 0 amide bonds. The summed E-state index contributed by atoms with van der Waals surface area (Å²) in [5.74, 6) is 0.641. The van der Waals surface area contributed by atoms with Gasteiger partial charge in [-0.15, -0.1) is 0 Å². The van der Waals surface area contributed by atoms with Crippen LogP contribution in [0.15, 0.2) is 30.5 Å². The van der Waals surface area contributed by atoms with Crippen LogP contribution in [0.25, 0.3) is 11.2 Å². The summed E-state index contributed by atoms with van der Waals surface area (Å²) in [4.78, 5) is 11.7. The highest BCUT2D eigenvalue weighted by atomic mass is 35.5. The largest absolute Gasteiger partial charge is 0.324 e. The smallest absolute Gasteiger partial charge is 0.207 e. The van der Waals surface area contributed by atoms with Crippen LogP contribution < -0.4 is 5.32 Å². The normalized spacial score (nSPS) is 10.9. The van der Waals surface area contributed by atoms with Crippen molar-refractivity contribution in [3.05, 3.63) is 46.6 Å². The maximum atomic E-state index is 6.26. The zero-order chi connectivity index (χ0) is 13.4. The van der Waals surface area contributed by atoms with E-state index < -0.39 is 0 Å². The Morgan fingerprint density at radius 3 is 2.84 bits per heavy atom. The van der Waals surface area contributed by atoms with E-state index in [1.807, 2.05) is 32.0 Å². The Labute approximate surface area is 115 Å². The second kappa shape index (κ2) is 4.55. The Hall–Kier alpha value is -2.07. The number of aryl methyl sites for hydroxylation is 2. The van der Waals surface area contributed by atoms with Gasteiger partial charge in [0.1, 0.15) is 0 Å². The predicted octanol–water partition coefficient (Wildman–Crippen LogP) is 3.97. The van der Waals surface area contributed by atoms with E-state index in [1.54, 1.807) is 6.20 Å². The standard InChI is InChI=1S/C14H13ClN4/c1-8-6-9(2)12(10(15)7-8)18-14-17-11-4-3-5-16-13(11)19-14/h3-7H,1-2H3,(H2,16,17,18,19). The summed E-state index contributed by atoms with van der Waals surface area (Å²) in [6.45, 7) is 4.04. The van der Waals surface area contributed by atoms with Gasteiger partial charge < -0.3 is 10.3 Å². The van der Waals surface area contributed by atoms with Gasteiger partial charge in [0.05, 0.1) is 16.2 Å². The second-order valence-electron chi connectivity index (χ2n) is 4.52. The van der Waals surface area contributed by atoms with Crippen LogP contribution in [0.3, 0.4) is 0 Å². The number of pyridine rings is 1. The first-order valence-electron chi connectivity index (χ1n) is 5.98. The number of anilines is 2. The van der Waals surface area contributed by atoms with E-state index >= 15 is 0 Å². The van der Waals surface area contributed by atoms with E-state index in [1.165, 1.54) is 0 Å². The van der Waals surface area contributed by atoms with Crippen molar-refractivity contribution in [1.82, 2.24) is 15.0 Å². The number of fused-ring (bicyclic) bond motifs is 1. The fourth-order valence-electron chi connectivity index (χ4n) is 2.10. The van der Waals surface area contributed by atoms with Gasteiger partial charge in [-0.3, -0.25) is 0 Å². The molecule has 0 spiro atoms. The van der Waals surface area contributed by atoms with Crippen LogP contribution in [0.2, 0.25) is 5.02 Å². The molecule has 0 bridgehead atoms. The minimum Gasteiger partial charge on any atom is -0.324 e. The van der Waals surface area contributed by atoms with Gasteiger partial charge in [0.2, 0.25) is 5.95 Å². The van der Waals surface area contributed by atoms with Gasteiger partial charge >= 0.3 is 0 Å². The highest BCUT2D eigenvalue weighted by Crippen LogP contribution is 2.29. The molecule has 96 valence electrons. The summed E-state index contributed by atoms with van der Waals surface area (Å²) < 4.78 is 0. The summed E-state index contributed by atoms with van der Waals surface area (Å²) in [6.07, 6.45) is 1.72. The van der Waals surface area contributed by atoms with E-state index in [-0.39, 0.29) is 0 Å². The average Bonchev–Trinajstić information content (AvgIpc) is 2.76. The first-order chi connectivity index (χ1) is 9.13. The van der Waals surface area contributed by atoms with Crippen LogP contribution in [0.4, 0.5) is 11.6 Å². The minimum absolute atomic E-state index is 0.641. The number of imidazole rings is 1. The molecule has 2 aromatic heterocycles. The first kappa shape index (κ1) is 12.0. The van der Waals surface area contributed by atoms with Crippen molar-refractivity contribution in [3.8, 4) is 0 Å². The van der Waals surface area contributed by atoms with Crippen LogP contribution in [0, 0.1) is 13.8 Å². The molecular formula is C14H13ClN4. The molecule has 1 aromatic carbocycles. The molecule has 0 atom stereocenters. The number of nitrogens with zero attached hydrogens (tertiary/aromatic N) is 2. The summed E-state index contributed by atoms with van der Waals surface area (Å²) in [5, 5.41) is 3.90. The average molecular weight is 273 g/mol. The number of rotatable bonds is 2. The summed E-state index contributed by atoms with van der Waals surface area (Å²) in [6, 6.07) is 7.81. The summed E-state index contributed by atoms with van der Waals surface area (Å²) in [5.41, 5.74) is 4.67. The number of aromatic amines is 1. The van der Waals surface area contributed by atoms with Gasteiger partial charge in [-0.1, -0.05) is 17.7 Å². The third-order valence-corrected chi connectivity index (χ3v) is 3.23. The molecule has 0 aliphatic carbocycles. The van der Waals surface area contributed by atoms with Gasteiger partial charge in [-0.2, -0.15) is 4.98 Å². The quantitative estimate of drug-likeness (QED) is 0.742. The maximum Gasteiger partial charge on any atom is 0.207 e. The van der Waals surface area contributed by atoms with E-state index in [0.29, 0.717) is 16.6 Å². The molecule has 2 N–H and O–H groups in total. The Morgan fingerprint density at radius 2 is 2.11 bits per heavy atom. The predicted molar refractivity (Wildman–Crippen MR) is 78.1 cm³/mol. The Bertz CT molecular complexity index is 692. The molecule has 0 saturated carbocycles. The van der Waals surface area contributed by atoms with Crippen molar-refractivity contribution in [2.24, 2.45) is 0 Å². The summed E-state index contributed by atoms with van der Waals surface area (Å²) in [7, 11) is 0. The van der Waals surface area contributed by atoms with E-state index in [2.05, 4.69) is 26.3 Å². The third kappa shape index (κ3) is 2.27. The fourth-order valence-corrected chi connectivity index (χ4v) is 2.47. The Kier molecular flexibility index (Phi) is 2.87. The lowest BCUT2D eigenvalue weighted by Crippen LogP contribution is -1.96. The monoisotopic (exact) mass is 272 g/mol. The number of hydrogen-bond donors (Lipinski definition) is 2. The van der Waals surface area contributed by atoms with Crippen molar-refractivity contribution in [3.63, 3.8) is 0 Å². The molecule has 0 fully saturated rings.